The molecule has 0 aromatic heterocycles. The number of rotatable bonds is 4. The Bertz CT molecular complexity index is 570. The van der Waals surface area contributed by atoms with Gasteiger partial charge in [-0.3, -0.25) is 0 Å². The molecule has 1 fully saturated rings. The monoisotopic (exact) mass is 275 g/mol. The van der Waals surface area contributed by atoms with Crippen molar-refractivity contribution in [1.29, 1.82) is 0 Å². The van der Waals surface area contributed by atoms with Crippen molar-refractivity contribution in [3.8, 4) is 0 Å². The van der Waals surface area contributed by atoms with Gasteiger partial charge in [0.1, 0.15) is 11.4 Å². The van der Waals surface area contributed by atoms with Crippen molar-refractivity contribution in [3.05, 3.63) is 58.3 Å². The van der Waals surface area contributed by atoms with Gasteiger partial charge in [0.15, 0.2) is 0 Å². The van der Waals surface area contributed by atoms with Crippen molar-refractivity contribution in [2.45, 2.75) is 9.79 Å². The fourth-order valence-electron chi connectivity index (χ4n) is 1.76. The average molecular weight is 275 g/mol. The van der Waals surface area contributed by atoms with Crippen LogP contribution in [0.3, 0.4) is 0 Å². The zero-order chi connectivity index (χ0) is 13.3. The van der Waals surface area contributed by atoms with Crippen LogP contribution in [0.5, 0.6) is 0 Å². The first-order valence-corrected chi connectivity index (χ1v) is 7.00. The fourth-order valence-corrected chi connectivity index (χ4v) is 3.73. The van der Waals surface area contributed by atoms with Crippen molar-refractivity contribution < 1.29 is 4.28 Å². The van der Waals surface area contributed by atoms with Gasteiger partial charge in [0.2, 0.25) is 0 Å². The number of nitrogens with zero attached hydrogens (tertiary/aromatic N) is 2. The molecule has 2 aromatic carbocycles. The first-order chi connectivity index (χ1) is 9.28. The van der Waals surface area contributed by atoms with E-state index < -0.39 is 10.5 Å². The van der Waals surface area contributed by atoms with Crippen LogP contribution in [-0.4, -0.2) is 0 Å². The third-order valence-corrected chi connectivity index (χ3v) is 5.17. The van der Waals surface area contributed by atoms with Crippen LogP contribution in [0.2, 0.25) is 0 Å². The largest absolute Gasteiger partial charge is 0.217 e. The van der Waals surface area contributed by atoms with Crippen LogP contribution in [-0.2, 0) is 4.28 Å². The minimum atomic E-state index is -1.68. The smallest absolute Gasteiger partial charge is 0.108 e. The molecule has 0 saturated carbocycles. The summed E-state index contributed by atoms with van der Waals surface area (Å²) in [5, 5.41) is 5.72. The summed E-state index contributed by atoms with van der Waals surface area (Å²) in [5.74, 6) is 0. The molecule has 1 N–H and O–H groups in total. The predicted molar refractivity (Wildman–Crippen MR) is 72.1 cm³/mol. The van der Waals surface area contributed by atoms with Gasteiger partial charge in [0.25, 0.3) is 0 Å². The van der Waals surface area contributed by atoms with Crippen LogP contribution in [0.15, 0.2) is 68.7 Å². The van der Waals surface area contributed by atoms with Gasteiger partial charge in [-0.25, -0.2) is 4.28 Å². The summed E-state index contributed by atoms with van der Waals surface area (Å²) in [6.45, 7) is 0. The molecule has 6 nitrogen and oxygen atoms in total. The lowest BCUT2D eigenvalue weighted by Gasteiger charge is -2.14. The molecular weight excluding hydrogens is 266 g/mol. The van der Waals surface area contributed by atoms with Gasteiger partial charge in [-0.05, 0) is 58.9 Å². The summed E-state index contributed by atoms with van der Waals surface area (Å²) in [6.07, 6.45) is 0. The summed E-state index contributed by atoms with van der Waals surface area (Å²) in [7, 11) is -1.68. The second kappa shape index (κ2) is 4.54. The maximum atomic E-state index is 10.4. The standard InChI is InChI=1S/C12H9N3O3S/c16-13-9-1-5-11(6-2-9)19(15-18-19)12-7-3-10(14-17)4-8-12/h1-8,15H. The molecule has 0 unspecified atom stereocenters. The summed E-state index contributed by atoms with van der Waals surface area (Å²) in [5.41, 5.74) is 0.749. The van der Waals surface area contributed by atoms with Gasteiger partial charge in [-0.1, -0.05) is 0 Å². The fraction of sp³-hybridized carbons (Fsp3) is 0. The van der Waals surface area contributed by atoms with E-state index in [-0.39, 0.29) is 0 Å². The molecule has 96 valence electrons. The molecule has 7 heteroatoms. The number of benzene rings is 2. The third kappa shape index (κ3) is 2.03. The molecule has 3 rings (SSSR count). The van der Waals surface area contributed by atoms with E-state index in [1.807, 2.05) is 0 Å². The van der Waals surface area contributed by atoms with Crippen LogP contribution >= 0.6 is 10.5 Å². The molecule has 1 saturated heterocycles. The maximum absolute atomic E-state index is 10.4. The molecule has 0 spiro atoms. The van der Waals surface area contributed by atoms with E-state index in [9.17, 15) is 9.81 Å². The Morgan fingerprint density at radius 2 is 1.16 bits per heavy atom. The van der Waals surface area contributed by atoms with Gasteiger partial charge in [0.05, 0.1) is 0 Å². The van der Waals surface area contributed by atoms with Crippen molar-refractivity contribution in [3.63, 3.8) is 0 Å². The molecule has 0 atom stereocenters. The molecule has 19 heavy (non-hydrogen) atoms. The van der Waals surface area contributed by atoms with Crippen molar-refractivity contribution in [2.75, 3.05) is 0 Å². The Morgan fingerprint density at radius 1 is 0.789 bits per heavy atom. The SMILES string of the molecule is O=Nc1ccc(S2(c3ccc(N=O)cc3)NO2)cc1. The molecule has 0 bridgehead atoms. The van der Waals surface area contributed by atoms with Gasteiger partial charge < -0.3 is 0 Å². The highest BCUT2D eigenvalue weighted by atomic mass is 32.3. The minimum Gasteiger partial charge on any atom is -0.217 e. The summed E-state index contributed by atoms with van der Waals surface area (Å²) in [4.78, 5) is 25.6. The lowest BCUT2D eigenvalue weighted by molar-refractivity contribution is 0.467. The third-order valence-electron chi connectivity index (χ3n) is 2.80. The van der Waals surface area contributed by atoms with E-state index in [2.05, 4.69) is 15.2 Å². The molecule has 0 amide bonds. The summed E-state index contributed by atoms with van der Waals surface area (Å²) < 4.78 is 5.43. The lowest BCUT2D eigenvalue weighted by atomic mass is 10.3. The molecule has 0 aliphatic carbocycles. The number of hydrogen-bond donors (Lipinski definition) is 1. The topological polar surface area (TPSA) is 93.3 Å². The van der Waals surface area contributed by atoms with Crippen LogP contribution in [0, 0.1) is 9.81 Å². The Labute approximate surface area is 110 Å². The Hall–Kier alpha value is -2.09. The maximum Gasteiger partial charge on any atom is 0.108 e. The highest BCUT2D eigenvalue weighted by Gasteiger charge is 2.43. The molecule has 2 aromatic rings. The number of nitroso groups, excluding NO2 is 2. The minimum absolute atomic E-state index is 0.374. The van der Waals surface area contributed by atoms with Crippen molar-refractivity contribution in [1.82, 2.24) is 4.89 Å². The highest BCUT2D eigenvalue weighted by molar-refractivity contribution is 8.32. The Morgan fingerprint density at radius 3 is 1.42 bits per heavy atom. The van der Waals surface area contributed by atoms with E-state index in [1.54, 1.807) is 48.5 Å². The molecule has 1 heterocycles. The van der Waals surface area contributed by atoms with E-state index in [1.165, 1.54) is 0 Å². The van der Waals surface area contributed by atoms with Crippen molar-refractivity contribution in [2.24, 2.45) is 10.4 Å². The van der Waals surface area contributed by atoms with Crippen LogP contribution in [0.25, 0.3) is 0 Å². The van der Waals surface area contributed by atoms with E-state index in [0.717, 1.165) is 9.79 Å². The zero-order valence-corrected chi connectivity index (χ0v) is 10.5. The lowest BCUT2D eigenvalue weighted by Crippen LogP contribution is -1.88. The van der Waals surface area contributed by atoms with Crippen LogP contribution in [0.4, 0.5) is 11.4 Å². The van der Waals surface area contributed by atoms with E-state index in [4.69, 9.17) is 4.28 Å². The Kier molecular flexibility index (Phi) is 2.86. The van der Waals surface area contributed by atoms with Gasteiger partial charge in [0, 0.05) is 20.3 Å². The highest BCUT2D eigenvalue weighted by Crippen LogP contribution is 2.69. The van der Waals surface area contributed by atoms with E-state index >= 15 is 0 Å². The first kappa shape index (κ1) is 12.0. The van der Waals surface area contributed by atoms with Gasteiger partial charge in [-0.2, -0.15) is 0 Å². The van der Waals surface area contributed by atoms with Gasteiger partial charge >= 0.3 is 0 Å². The van der Waals surface area contributed by atoms with Crippen molar-refractivity contribution >= 4 is 21.9 Å². The number of hydrogen-bond acceptors (Lipinski definition) is 6. The van der Waals surface area contributed by atoms with E-state index in [0.29, 0.717) is 11.4 Å². The normalized spacial score (nSPS) is 17.5. The predicted octanol–water partition coefficient (Wildman–Crippen LogP) is 4.07. The molecular formula is C12H9N3O3S. The quantitative estimate of drug-likeness (QED) is 0.672. The van der Waals surface area contributed by atoms with Crippen LogP contribution < -0.4 is 4.89 Å². The van der Waals surface area contributed by atoms with Crippen LogP contribution in [0.1, 0.15) is 0 Å². The number of nitrogens with one attached hydrogen (secondary N) is 1. The van der Waals surface area contributed by atoms with Gasteiger partial charge in [-0.15, -0.1) is 14.7 Å². The molecule has 1 aliphatic rings. The summed E-state index contributed by atoms with van der Waals surface area (Å²) >= 11 is 0. The first-order valence-electron chi connectivity index (χ1n) is 5.44. The second-order valence-corrected chi connectivity index (χ2v) is 6.28. The zero-order valence-electron chi connectivity index (χ0n) is 9.65. The molecule has 1 aliphatic heterocycles. The molecule has 0 radical (unpaired) electrons. The summed E-state index contributed by atoms with van der Waals surface area (Å²) in [6, 6.07) is 13.8. The average Bonchev–Trinajstić information content (AvgIpc) is 3.29. The second-order valence-electron chi connectivity index (χ2n) is 3.89. The Balaban J connectivity index is 1.96.